The summed E-state index contributed by atoms with van der Waals surface area (Å²) in [5.74, 6) is 0.0723. The monoisotopic (exact) mass is 367 g/mol. The van der Waals surface area contributed by atoms with Crippen LogP contribution in [0.3, 0.4) is 0 Å². The van der Waals surface area contributed by atoms with Gasteiger partial charge in [0.2, 0.25) is 0 Å². The second kappa shape index (κ2) is 7.31. The molecule has 2 fully saturated rings. The Hall–Kier alpha value is -1.81. The standard InChI is InChI=1S/C23H33N3O/c1-4-26-18(3)17(2)20-14-19(8-9-21(20)26)22(27)24-15-23(10-11-23)16-25-12-6-5-7-13-25/h8-9,14H,4-7,10-13,15-16H2,1-3H3,(H,24,27). The van der Waals surface area contributed by atoms with E-state index in [0.717, 1.165) is 25.2 Å². The fraction of sp³-hybridized carbons (Fsp3) is 0.609. The number of hydrogen-bond donors (Lipinski definition) is 1. The molecule has 1 aliphatic carbocycles. The van der Waals surface area contributed by atoms with Crippen molar-refractivity contribution < 1.29 is 4.79 Å². The number of fused-ring (bicyclic) bond motifs is 1. The summed E-state index contributed by atoms with van der Waals surface area (Å²) < 4.78 is 2.32. The highest BCUT2D eigenvalue weighted by atomic mass is 16.1. The molecule has 1 aromatic carbocycles. The largest absolute Gasteiger partial charge is 0.351 e. The molecule has 1 saturated heterocycles. The molecule has 0 spiro atoms. The summed E-state index contributed by atoms with van der Waals surface area (Å²) >= 11 is 0. The molecule has 1 amide bonds. The van der Waals surface area contributed by atoms with Crippen LogP contribution in [0.1, 0.15) is 60.6 Å². The number of nitrogens with one attached hydrogen (secondary N) is 1. The zero-order valence-corrected chi connectivity index (χ0v) is 17.1. The highest BCUT2D eigenvalue weighted by Crippen LogP contribution is 2.46. The number of amides is 1. The summed E-state index contributed by atoms with van der Waals surface area (Å²) in [7, 11) is 0. The van der Waals surface area contributed by atoms with Gasteiger partial charge in [0, 0.05) is 47.2 Å². The number of rotatable bonds is 6. The third-order valence-corrected chi connectivity index (χ3v) is 6.81. The number of aryl methyl sites for hydroxylation is 2. The maximum absolute atomic E-state index is 12.8. The fourth-order valence-electron chi connectivity index (χ4n) is 4.73. The molecule has 2 aromatic rings. The zero-order chi connectivity index (χ0) is 19.0. The van der Waals surface area contributed by atoms with Gasteiger partial charge in [0.25, 0.3) is 5.91 Å². The summed E-state index contributed by atoms with van der Waals surface area (Å²) in [6.45, 7) is 11.9. The molecule has 0 atom stereocenters. The van der Waals surface area contributed by atoms with Crippen molar-refractivity contribution in [1.29, 1.82) is 0 Å². The molecule has 4 nitrogen and oxygen atoms in total. The molecule has 27 heavy (non-hydrogen) atoms. The van der Waals surface area contributed by atoms with Gasteiger partial charge in [0.05, 0.1) is 0 Å². The molecule has 0 unspecified atom stereocenters. The fourth-order valence-corrected chi connectivity index (χ4v) is 4.73. The number of aromatic nitrogens is 1. The van der Waals surface area contributed by atoms with Gasteiger partial charge in [0.15, 0.2) is 0 Å². The van der Waals surface area contributed by atoms with E-state index in [1.54, 1.807) is 0 Å². The number of nitrogens with zero attached hydrogens (tertiary/aromatic N) is 2. The normalized spacial score (nSPS) is 19.4. The topological polar surface area (TPSA) is 37.3 Å². The Labute approximate surface area is 162 Å². The number of piperidine rings is 1. The van der Waals surface area contributed by atoms with E-state index in [4.69, 9.17) is 0 Å². The average Bonchev–Trinajstić information content (AvgIpc) is 3.41. The lowest BCUT2D eigenvalue weighted by Gasteiger charge is -2.30. The Morgan fingerprint density at radius 3 is 2.56 bits per heavy atom. The lowest BCUT2D eigenvalue weighted by Crippen LogP contribution is -2.40. The van der Waals surface area contributed by atoms with Gasteiger partial charge in [-0.15, -0.1) is 0 Å². The highest BCUT2D eigenvalue weighted by Gasteiger charge is 2.44. The SMILES string of the molecule is CCn1c(C)c(C)c2cc(C(=O)NCC3(CN4CCCCC4)CC3)ccc21. The summed E-state index contributed by atoms with van der Waals surface area (Å²) in [4.78, 5) is 15.4. The van der Waals surface area contributed by atoms with Crippen molar-refractivity contribution in [2.24, 2.45) is 5.41 Å². The highest BCUT2D eigenvalue weighted by molar-refractivity contribution is 5.99. The summed E-state index contributed by atoms with van der Waals surface area (Å²) in [6, 6.07) is 6.16. The molecular formula is C23H33N3O. The first-order chi connectivity index (χ1) is 13.0. The summed E-state index contributed by atoms with van der Waals surface area (Å²) in [5, 5.41) is 4.44. The van der Waals surface area contributed by atoms with E-state index in [0.29, 0.717) is 5.41 Å². The van der Waals surface area contributed by atoms with Gasteiger partial charge in [-0.2, -0.15) is 0 Å². The molecule has 1 aromatic heterocycles. The van der Waals surface area contributed by atoms with E-state index in [9.17, 15) is 4.79 Å². The van der Waals surface area contributed by atoms with Gasteiger partial charge < -0.3 is 14.8 Å². The third kappa shape index (κ3) is 3.64. The maximum atomic E-state index is 12.8. The van der Waals surface area contributed by atoms with Gasteiger partial charge in [0.1, 0.15) is 0 Å². The lowest BCUT2D eigenvalue weighted by molar-refractivity contribution is 0.0936. The van der Waals surface area contributed by atoms with Crippen molar-refractivity contribution in [3.63, 3.8) is 0 Å². The van der Waals surface area contributed by atoms with E-state index < -0.39 is 0 Å². The minimum atomic E-state index is 0.0723. The second-order valence-electron chi connectivity index (χ2n) is 8.71. The maximum Gasteiger partial charge on any atom is 0.251 e. The number of benzene rings is 1. The van der Waals surface area contributed by atoms with Crippen molar-refractivity contribution in [1.82, 2.24) is 14.8 Å². The Bertz CT molecular complexity index is 841. The van der Waals surface area contributed by atoms with Crippen LogP contribution in [0.5, 0.6) is 0 Å². The molecule has 0 radical (unpaired) electrons. The van der Waals surface area contributed by atoms with Crippen LogP contribution in [0.15, 0.2) is 18.2 Å². The first-order valence-corrected chi connectivity index (χ1v) is 10.6. The number of carbonyl (C=O) groups excluding carboxylic acids is 1. The molecule has 1 aliphatic heterocycles. The molecule has 146 valence electrons. The van der Waals surface area contributed by atoms with Crippen molar-refractivity contribution in [2.75, 3.05) is 26.2 Å². The minimum Gasteiger partial charge on any atom is -0.351 e. The van der Waals surface area contributed by atoms with Crippen molar-refractivity contribution in [2.45, 2.75) is 59.4 Å². The van der Waals surface area contributed by atoms with E-state index in [1.165, 1.54) is 67.4 Å². The van der Waals surface area contributed by atoms with Crippen LogP contribution in [0.2, 0.25) is 0 Å². The smallest absolute Gasteiger partial charge is 0.251 e. The first kappa shape index (κ1) is 18.5. The Morgan fingerprint density at radius 1 is 1.15 bits per heavy atom. The lowest BCUT2D eigenvalue weighted by atomic mass is 10.0. The summed E-state index contributed by atoms with van der Waals surface area (Å²) in [5.41, 5.74) is 4.92. The average molecular weight is 368 g/mol. The first-order valence-electron chi connectivity index (χ1n) is 10.6. The van der Waals surface area contributed by atoms with Gasteiger partial charge in [-0.1, -0.05) is 6.42 Å². The molecule has 1 saturated carbocycles. The number of likely N-dealkylation sites (tertiary alicyclic amines) is 1. The van der Waals surface area contributed by atoms with E-state index in [1.807, 2.05) is 6.07 Å². The van der Waals surface area contributed by atoms with E-state index >= 15 is 0 Å². The molecule has 2 aliphatic rings. The molecule has 0 bridgehead atoms. The van der Waals surface area contributed by atoms with Crippen molar-refractivity contribution >= 4 is 16.8 Å². The van der Waals surface area contributed by atoms with Gasteiger partial charge in [-0.05, 0) is 83.3 Å². The molecular weight excluding hydrogens is 334 g/mol. The van der Waals surface area contributed by atoms with Crippen LogP contribution < -0.4 is 5.32 Å². The van der Waals surface area contributed by atoms with Gasteiger partial charge in [-0.3, -0.25) is 4.79 Å². The van der Waals surface area contributed by atoms with E-state index in [2.05, 4.69) is 47.7 Å². The quantitative estimate of drug-likeness (QED) is 0.828. The zero-order valence-electron chi connectivity index (χ0n) is 17.1. The molecule has 1 N–H and O–H groups in total. The molecule has 4 heteroatoms. The predicted molar refractivity (Wildman–Crippen MR) is 111 cm³/mol. The van der Waals surface area contributed by atoms with E-state index in [-0.39, 0.29) is 5.91 Å². The van der Waals surface area contributed by atoms with Crippen LogP contribution in [-0.4, -0.2) is 41.6 Å². The Kier molecular flexibility index (Phi) is 5.02. The second-order valence-corrected chi connectivity index (χ2v) is 8.71. The number of carbonyl (C=O) groups is 1. The Morgan fingerprint density at radius 2 is 1.89 bits per heavy atom. The van der Waals surface area contributed by atoms with Crippen LogP contribution >= 0.6 is 0 Å². The van der Waals surface area contributed by atoms with Gasteiger partial charge >= 0.3 is 0 Å². The molecule has 2 heterocycles. The van der Waals surface area contributed by atoms with Gasteiger partial charge in [-0.25, -0.2) is 0 Å². The van der Waals surface area contributed by atoms with Crippen LogP contribution in [-0.2, 0) is 6.54 Å². The molecule has 4 rings (SSSR count). The van der Waals surface area contributed by atoms with Crippen LogP contribution in [0.4, 0.5) is 0 Å². The minimum absolute atomic E-state index is 0.0723. The van der Waals surface area contributed by atoms with Crippen LogP contribution in [0, 0.1) is 19.3 Å². The van der Waals surface area contributed by atoms with Crippen LogP contribution in [0.25, 0.3) is 10.9 Å². The Balaban J connectivity index is 1.43. The van der Waals surface area contributed by atoms with Crippen molar-refractivity contribution in [3.8, 4) is 0 Å². The third-order valence-electron chi connectivity index (χ3n) is 6.81. The number of hydrogen-bond acceptors (Lipinski definition) is 2. The predicted octanol–water partition coefficient (Wildman–Crippen LogP) is 4.27. The summed E-state index contributed by atoms with van der Waals surface area (Å²) in [6.07, 6.45) is 6.54. The van der Waals surface area contributed by atoms with Crippen molar-refractivity contribution in [3.05, 3.63) is 35.0 Å².